The summed E-state index contributed by atoms with van der Waals surface area (Å²) >= 11 is 7.27. The highest BCUT2D eigenvalue weighted by atomic mass is 35.5. The van der Waals surface area contributed by atoms with Crippen molar-refractivity contribution >= 4 is 34.9 Å². The van der Waals surface area contributed by atoms with Crippen LogP contribution in [0.3, 0.4) is 0 Å². The Kier molecular flexibility index (Phi) is 7.33. The Labute approximate surface area is 151 Å². The van der Waals surface area contributed by atoms with Gasteiger partial charge in [0.2, 0.25) is 0 Å². The first-order valence-electron chi connectivity index (χ1n) is 8.09. The first-order valence-corrected chi connectivity index (χ1v) is 9.29. The summed E-state index contributed by atoms with van der Waals surface area (Å²) in [4.78, 5) is 19.1. The molecule has 1 aromatic heterocycles. The summed E-state index contributed by atoms with van der Waals surface area (Å²) in [6.07, 6.45) is 0.837. The molecule has 1 aliphatic heterocycles. The molecule has 0 radical (unpaired) electrons. The molecule has 2 heterocycles. The molecule has 0 amide bonds. The number of methoxy groups -OCH3 is 1. The number of thiophene rings is 1. The van der Waals surface area contributed by atoms with E-state index < -0.39 is 6.10 Å². The zero-order valence-electron chi connectivity index (χ0n) is 14.0. The predicted molar refractivity (Wildman–Crippen MR) is 96.6 cm³/mol. The normalized spacial score (nSPS) is 17.7. The number of guanidine groups is 1. The maximum absolute atomic E-state index is 11.6. The van der Waals surface area contributed by atoms with E-state index in [2.05, 4.69) is 15.2 Å². The number of nitrogens with one attached hydrogen (secondary N) is 1. The molecule has 0 aliphatic carbocycles. The molecule has 0 bridgehead atoms. The van der Waals surface area contributed by atoms with Crippen molar-refractivity contribution in [1.29, 1.82) is 0 Å². The molecule has 1 unspecified atom stereocenters. The summed E-state index contributed by atoms with van der Waals surface area (Å²) in [5.74, 6) is 0.595. The third kappa shape index (κ3) is 5.09. The lowest BCUT2D eigenvalue weighted by molar-refractivity contribution is -0.146. The van der Waals surface area contributed by atoms with Crippen LogP contribution < -0.4 is 5.32 Å². The van der Waals surface area contributed by atoms with Crippen LogP contribution >= 0.6 is 22.9 Å². The highest BCUT2D eigenvalue weighted by Gasteiger charge is 2.27. The van der Waals surface area contributed by atoms with Crippen molar-refractivity contribution in [1.82, 2.24) is 10.2 Å². The first-order chi connectivity index (χ1) is 11.5. The van der Waals surface area contributed by atoms with Gasteiger partial charge < -0.3 is 20.1 Å². The van der Waals surface area contributed by atoms with Crippen molar-refractivity contribution in [3.05, 3.63) is 21.3 Å². The molecule has 1 aromatic rings. The molecular formula is C16H24ClN3O3S. The predicted octanol–water partition coefficient (Wildman–Crippen LogP) is 2.29. The first kappa shape index (κ1) is 19.0. The highest BCUT2D eigenvalue weighted by Crippen LogP contribution is 2.27. The number of likely N-dealkylation sites (tertiary alicyclic amines) is 1. The monoisotopic (exact) mass is 373 g/mol. The minimum atomic E-state index is -0.663. The van der Waals surface area contributed by atoms with Gasteiger partial charge in [0.25, 0.3) is 0 Å². The number of aliphatic hydroxyl groups excluding tert-OH is 1. The molecule has 1 aliphatic rings. The van der Waals surface area contributed by atoms with Crippen molar-refractivity contribution in [2.45, 2.75) is 25.9 Å². The number of hydrogen-bond donors (Lipinski definition) is 2. The van der Waals surface area contributed by atoms with E-state index in [1.54, 1.807) is 6.07 Å². The van der Waals surface area contributed by atoms with E-state index in [9.17, 15) is 9.90 Å². The van der Waals surface area contributed by atoms with Crippen LogP contribution in [0.2, 0.25) is 4.34 Å². The summed E-state index contributed by atoms with van der Waals surface area (Å²) in [5.41, 5.74) is 0. The number of piperidine rings is 1. The topological polar surface area (TPSA) is 74.2 Å². The number of aliphatic hydroxyl groups is 1. The second-order valence-electron chi connectivity index (χ2n) is 5.64. The van der Waals surface area contributed by atoms with Gasteiger partial charge in [-0.25, -0.2) is 0 Å². The van der Waals surface area contributed by atoms with Gasteiger partial charge in [0, 0.05) is 24.5 Å². The van der Waals surface area contributed by atoms with Gasteiger partial charge in [0.05, 0.1) is 23.9 Å². The summed E-state index contributed by atoms with van der Waals surface area (Å²) in [5, 5.41) is 13.5. The fourth-order valence-corrected chi connectivity index (χ4v) is 3.73. The summed E-state index contributed by atoms with van der Waals surface area (Å²) < 4.78 is 5.47. The molecule has 2 rings (SSSR count). The lowest BCUT2D eigenvalue weighted by atomic mass is 9.97. The number of aliphatic imine (C=N–C) groups is 1. The summed E-state index contributed by atoms with van der Waals surface area (Å²) in [7, 11) is 1.43. The maximum atomic E-state index is 11.6. The van der Waals surface area contributed by atoms with Crippen LogP contribution in [0.25, 0.3) is 0 Å². The Hall–Kier alpha value is -1.31. The SMILES string of the molecule is CCNC(=NCC(O)c1ccc(Cl)s1)N1CCC(C(=O)OC)CC1. The van der Waals surface area contributed by atoms with E-state index in [4.69, 9.17) is 16.3 Å². The molecular weight excluding hydrogens is 350 g/mol. The second-order valence-corrected chi connectivity index (χ2v) is 7.38. The van der Waals surface area contributed by atoms with E-state index in [0.29, 0.717) is 4.34 Å². The van der Waals surface area contributed by atoms with Gasteiger partial charge >= 0.3 is 5.97 Å². The molecule has 1 atom stereocenters. The van der Waals surface area contributed by atoms with Crippen molar-refractivity contribution < 1.29 is 14.6 Å². The van der Waals surface area contributed by atoms with Gasteiger partial charge in [-0.1, -0.05) is 11.6 Å². The zero-order chi connectivity index (χ0) is 17.5. The number of rotatable bonds is 5. The molecule has 6 nitrogen and oxygen atoms in total. The van der Waals surface area contributed by atoms with Gasteiger partial charge in [0.1, 0.15) is 6.10 Å². The smallest absolute Gasteiger partial charge is 0.308 e. The number of carbonyl (C=O) groups is 1. The van der Waals surface area contributed by atoms with Gasteiger partial charge in [0.15, 0.2) is 5.96 Å². The standard InChI is InChI=1S/C16H24ClN3O3S/c1-3-18-16(19-10-12(21)13-4-5-14(17)24-13)20-8-6-11(7-9-20)15(22)23-2/h4-5,11-12,21H,3,6-10H2,1-2H3,(H,18,19). The number of carbonyl (C=O) groups excluding carboxylic acids is 1. The molecule has 8 heteroatoms. The van der Waals surface area contributed by atoms with Crippen LogP contribution in [-0.2, 0) is 9.53 Å². The van der Waals surface area contributed by atoms with E-state index in [1.807, 2.05) is 13.0 Å². The van der Waals surface area contributed by atoms with Crippen LogP contribution in [0, 0.1) is 5.92 Å². The van der Waals surface area contributed by atoms with Crippen molar-refractivity contribution in [2.75, 3.05) is 33.3 Å². The molecule has 0 saturated carbocycles. The van der Waals surface area contributed by atoms with Crippen LogP contribution in [0.4, 0.5) is 0 Å². The largest absolute Gasteiger partial charge is 0.469 e. The Morgan fingerprint density at radius 3 is 2.79 bits per heavy atom. The van der Waals surface area contributed by atoms with Gasteiger partial charge in [-0.3, -0.25) is 9.79 Å². The minimum absolute atomic E-state index is 0.0343. The number of esters is 1. The molecule has 0 aromatic carbocycles. The molecule has 1 fully saturated rings. The molecule has 0 spiro atoms. The Morgan fingerprint density at radius 2 is 2.25 bits per heavy atom. The van der Waals surface area contributed by atoms with Crippen LogP contribution in [0.1, 0.15) is 30.7 Å². The Balaban J connectivity index is 1.95. The summed E-state index contributed by atoms with van der Waals surface area (Å²) in [6, 6.07) is 3.60. The van der Waals surface area contributed by atoms with Crippen LogP contribution in [0.15, 0.2) is 17.1 Å². The van der Waals surface area contributed by atoms with Crippen LogP contribution in [0.5, 0.6) is 0 Å². The summed E-state index contributed by atoms with van der Waals surface area (Å²) in [6.45, 7) is 4.51. The molecule has 1 saturated heterocycles. The zero-order valence-corrected chi connectivity index (χ0v) is 15.6. The maximum Gasteiger partial charge on any atom is 0.308 e. The van der Waals surface area contributed by atoms with Crippen molar-refractivity contribution in [3.63, 3.8) is 0 Å². The Morgan fingerprint density at radius 1 is 1.54 bits per heavy atom. The highest BCUT2D eigenvalue weighted by molar-refractivity contribution is 7.16. The number of hydrogen-bond acceptors (Lipinski definition) is 5. The number of ether oxygens (including phenoxy) is 1. The van der Waals surface area contributed by atoms with E-state index in [1.165, 1.54) is 18.4 Å². The average Bonchev–Trinajstić information content (AvgIpc) is 3.04. The van der Waals surface area contributed by atoms with Gasteiger partial charge in [-0.05, 0) is 31.9 Å². The average molecular weight is 374 g/mol. The lowest BCUT2D eigenvalue weighted by Crippen LogP contribution is -2.46. The van der Waals surface area contributed by atoms with Crippen molar-refractivity contribution in [2.24, 2.45) is 10.9 Å². The molecule has 134 valence electrons. The fourth-order valence-electron chi connectivity index (χ4n) is 2.69. The minimum Gasteiger partial charge on any atom is -0.469 e. The van der Waals surface area contributed by atoms with Crippen molar-refractivity contribution in [3.8, 4) is 0 Å². The van der Waals surface area contributed by atoms with Crippen LogP contribution in [-0.4, -0.2) is 55.2 Å². The number of halogens is 1. The van der Waals surface area contributed by atoms with E-state index in [0.717, 1.165) is 43.3 Å². The fraction of sp³-hybridized carbons (Fsp3) is 0.625. The molecule has 2 N–H and O–H groups in total. The third-order valence-electron chi connectivity index (χ3n) is 4.00. The molecule has 24 heavy (non-hydrogen) atoms. The number of nitrogens with zero attached hydrogens (tertiary/aromatic N) is 2. The van der Waals surface area contributed by atoms with E-state index >= 15 is 0 Å². The second kappa shape index (κ2) is 9.25. The quantitative estimate of drug-likeness (QED) is 0.470. The Bertz CT molecular complexity index is 571. The van der Waals surface area contributed by atoms with E-state index in [-0.39, 0.29) is 18.4 Å². The lowest BCUT2D eigenvalue weighted by Gasteiger charge is -2.33. The van der Waals surface area contributed by atoms with Gasteiger partial charge in [-0.15, -0.1) is 11.3 Å². The third-order valence-corrected chi connectivity index (χ3v) is 5.33. The van der Waals surface area contributed by atoms with Gasteiger partial charge in [-0.2, -0.15) is 0 Å².